The molecule has 1 fully saturated rings. The van der Waals surface area contributed by atoms with Crippen molar-refractivity contribution in [2.24, 2.45) is 0 Å². The maximum Gasteiger partial charge on any atom is 0.169 e. The Kier molecular flexibility index (Phi) is 2.94. The topological polar surface area (TPSA) is 15.3 Å². The van der Waals surface area contributed by atoms with E-state index >= 15 is 0 Å². The first-order valence-corrected chi connectivity index (χ1v) is 5.03. The fourth-order valence-electron chi connectivity index (χ4n) is 1.49. The van der Waals surface area contributed by atoms with E-state index in [1.165, 1.54) is 12.8 Å². The average Bonchev–Trinajstić information content (AvgIpc) is 2.20. The third kappa shape index (κ3) is 2.34. The molecule has 0 unspecified atom stereocenters. The molecule has 0 saturated carbocycles. The molecular formula is C9H18N2S. The van der Waals surface area contributed by atoms with Gasteiger partial charge in [-0.3, -0.25) is 0 Å². The quantitative estimate of drug-likeness (QED) is 0.676. The summed E-state index contributed by atoms with van der Waals surface area (Å²) in [7, 11) is 0. The minimum absolute atomic E-state index is 0.171. The normalized spacial score (nSPS) is 21.2. The zero-order chi connectivity index (χ0) is 9.19. The van der Waals surface area contributed by atoms with Crippen LogP contribution < -0.4 is 5.32 Å². The molecule has 0 aliphatic carbocycles. The maximum absolute atomic E-state index is 5.22. The Morgan fingerprint density at radius 3 is 2.67 bits per heavy atom. The highest BCUT2D eigenvalue weighted by atomic mass is 32.1. The Bertz CT molecular complexity index is 177. The number of hydrogen-bond acceptors (Lipinski definition) is 1. The molecule has 0 atom stereocenters. The Morgan fingerprint density at radius 2 is 2.25 bits per heavy atom. The molecule has 0 spiro atoms. The Labute approximate surface area is 80.3 Å². The van der Waals surface area contributed by atoms with E-state index in [0.717, 1.165) is 18.2 Å². The molecule has 1 rings (SSSR count). The highest BCUT2D eigenvalue weighted by Crippen LogP contribution is 2.14. The molecule has 1 N–H and O–H groups in total. The van der Waals surface area contributed by atoms with Crippen LogP contribution in [-0.2, 0) is 0 Å². The SMILES string of the molecule is CCCCN1CC(C)(C)NC1=S. The number of nitrogens with one attached hydrogen (secondary N) is 1. The summed E-state index contributed by atoms with van der Waals surface area (Å²) in [4.78, 5) is 2.26. The molecule has 12 heavy (non-hydrogen) atoms. The second kappa shape index (κ2) is 3.60. The predicted octanol–water partition coefficient (Wildman–Crippen LogP) is 1.76. The fraction of sp³-hybridized carbons (Fsp3) is 0.889. The monoisotopic (exact) mass is 186 g/mol. The van der Waals surface area contributed by atoms with Gasteiger partial charge in [0.2, 0.25) is 0 Å². The van der Waals surface area contributed by atoms with E-state index < -0.39 is 0 Å². The highest BCUT2D eigenvalue weighted by molar-refractivity contribution is 7.80. The van der Waals surface area contributed by atoms with Crippen LogP contribution in [0.15, 0.2) is 0 Å². The molecule has 1 saturated heterocycles. The van der Waals surface area contributed by atoms with Crippen molar-refractivity contribution in [1.29, 1.82) is 0 Å². The van der Waals surface area contributed by atoms with Gasteiger partial charge >= 0.3 is 0 Å². The molecule has 2 nitrogen and oxygen atoms in total. The Balaban J connectivity index is 2.42. The molecule has 1 aliphatic heterocycles. The van der Waals surface area contributed by atoms with Crippen LogP contribution in [-0.4, -0.2) is 28.6 Å². The second-order valence-corrected chi connectivity index (χ2v) is 4.48. The van der Waals surface area contributed by atoms with Crippen LogP contribution in [0.5, 0.6) is 0 Å². The Hall–Kier alpha value is -0.310. The van der Waals surface area contributed by atoms with E-state index in [0.29, 0.717) is 0 Å². The molecule has 70 valence electrons. The van der Waals surface area contributed by atoms with Gasteiger partial charge in [0.15, 0.2) is 5.11 Å². The van der Waals surface area contributed by atoms with E-state index in [1.807, 2.05) is 0 Å². The van der Waals surface area contributed by atoms with Crippen molar-refractivity contribution in [1.82, 2.24) is 10.2 Å². The number of thiocarbonyl (C=S) groups is 1. The lowest BCUT2D eigenvalue weighted by Crippen LogP contribution is -2.36. The van der Waals surface area contributed by atoms with Crippen LogP contribution >= 0.6 is 12.2 Å². The number of hydrogen-bond donors (Lipinski definition) is 1. The zero-order valence-electron chi connectivity index (χ0n) is 8.18. The standard InChI is InChI=1S/C9H18N2S/c1-4-5-6-11-7-9(2,3)10-8(11)12/h4-7H2,1-3H3,(H,10,12). The summed E-state index contributed by atoms with van der Waals surface area (Å²) in [6.45, 7) is 8.73. The van der Waals surface area contributed by atoms with Gasteiger partial charge in [0.05, 0.1) is 5.54 Å². The van der Waals surface area contributed by atoms with Crippen LogP contribution in [0.25, 0.3) is 0 Å². The number of nitrogens with zero attached hydrogens (tertiary/aromatic N) is 1. The molecule has 0 radical (unpaired) electrons. The summed E-state index contributed by atoms with van der Waals surface area (Å²) >= 11 is 5.22. The highest BCUT2D eigenvalue weighted by Gasteiger charge is 2.31. The molecule has 0 aromatic rings. The van der Waals surface area contributed by atoms with Crippen LogP contribution in [0.1, 0.15) is 33.6 Å². The maximum atomic E-state index is 5.22. The van der Waals surface area contributed by atoms with Gasteiger partial charge in [0.1, 0.15) is 0 Å². The summed E-state index contributed by atoms with van der Waals surface area (Å²) in [5.41, 5.74) is 0.171. The van der Waals surface area contributed by atoms with E-state index in [2.05, 4.69) is 31.0 Å². The molecule has 0 bridgehead atoms. The van der Waals surface area contributed by atoms with Gasteiger partial charge in [-0.1, -0.05) is 13.3 Å². The number of rotatable bonds is 3. The summed E-state index contributed by atoms with van der Waals surface area (Å²) in [6.07, 6.45) is 2.47. The van der Waals surface area contributed by atoms with Gasteiger partial charge in [0, 0.05) is 13.1 Å². The van der Waals surface area contributed by atoms with Crippen LogP contribution in [0, 0.1) is 0 Å². The van der Waals surface area contributed by atoms with E-state index in [-0.39, 0.29) is 5.54 Å². The van der Waals surface area contributed by atoms with Gasteiger partial charge in [-0.15, -0.1) is 0 Å². The zero-order valence-corrected chi connectivity index (χ0v) is 9.00. The smallest absolute Gasteiger partial charge is 0.169 e. The van der Waals surface area contributed by atoms with Crippen LogP contribution in [0.4, 0.5) is 0 Å². The summed E-state index contributed by atoms with van der Waals surface area (Å²) < 4.78 is 0. The van der Waals surface area contributed by atoms with Crippen molar-refractivity contribution in [2.75, 3.05) is 13.1 Å². The predicted molar refractivity (Wildman–Crippen MR) is 56.3 cm³/mol. The third-order valence-corrected chi connectivity index (χ3v) is 2.46. The minimum Gasteiger partial charge on any atom is -0.356 e. The van der Waals surface area contributed by atoms with Crippen molar-refractivity contribution < 1.29 is 0 Å². The largest absolute Gasteiger partial charge is 0.356 e. The van der Waals surface area contributed by atoms with Gasteiger partial charge in [-0.05, 0) is 32.5 Å². The van der Waals surface area contributed by atoms with Crippen LogP contribution in [0.2, 0.25) is 0 Å². The third-order valence-electron chi connectivity index (χ3n) is 2.10. The van der Waals surface area contributed by atoms with Gasteiger partial charge in [0.25, 0.3) is 0 Å². The fourth-order valence-corrected chi connectivity index (χ4v) is 1.92. The minimum atomic E-state index is 0.171. The van der Waals surface area contributed by atoms with Gasteiger partial charge < -0.3 is 10.2 Å². The van der Waals surface area contributed by atoms with Crippen molar-refractivity contribution in [3.05, 3.63) is 0 Å². The lowest BCUT2D eigenvalue weighted by atomic mass is 10.1. The van der Waals surface area contributed by atoms with E-state index in [1.54, 1.807) is 0 Å². The van der Waals surface area contributed by atoms with Crippen molar-refractivity contribution in [3.63, 3.8) is 0 Å². The molecule has 3 heteroatoms. The Morgan fingerprint density at radius 1 is 1.58 bits per heavy atom. The first kappa shape index (κ1) is 9.78. The van der Waals surface area contributed by atoms with E-state index in [4.69, 9.17) is 12.2 Å². The van der Waals surface area contributed by atoms with Gasteiger partial charge in [-0.25, -0.2) is 0 Å². The van der Waals surface area contributed by atoms with Gasteiger partial charge in [-0.2, -0.15) is 0 Å². The number of unbranched alkanes of at least 4 members (excludes halogenated alkanes) is 1. The molecular weight excluding hydrogens is 168 g/mol. The average molecular weight is 186 g/mol. The molecule has 0 aromatic heterocycles. The van der Waals surface area contributed by atoms with Crippen LogP contribution in [0.3, 0.4) is 0 Å². The van der Waals surface area contributed by atoms with E-state index in [9.17, 15) is 0 Å². The second-order valence-electron chi connectivity index (χ2n) is 4.09. The lowest BCUT2D eigenvalue weighted by molar-refractivity contribution is 0.374. The first-order valence-electron chi connectivity index (χ1n) is 4.62. The summed E-state index contributed by atoms with van der Waals surface area (Å²) in [5, 5.41) is 4.23. The molecule has 1 heterocycles. The molecule has 1 aliphatic rings. The summed E-state index contributed by atoms with van der Waals surface area (Å²) in [5.74, 6) is 0. The molecule has 0 aromatic carbocycles. The first-order chi connectivity index (χ1) is 5.55. The lowest BCUT2D eigenvalue weighted by Gasteiger charge is -2.18. The van der Waals surface area contributed by atoms with Crippen molar-refractivity contribution in [3.8, 4) is 0 Å². The molecule has 0 amide bonds. The van der Waals surface area contributed by atoms with Crippen molar-refractivity contribution in [2.45, 2.75) is 39.2 Å². The van der Waals surface area contributed by atoms with Crippen molar-refractivity contribution >= 4 is 17.3 Å². The summed E-state index contributed by atoms with van der Waals surface area (Å²) in [6, 6.07) is 0.